The van der Waals surface area contributed by atoms with Crippen molar-refractivity contribution >= 4 is 17.8 Å². The van der Waals surface area contributed by atoms with Gasteiger partial charge in [0.25, 0.3) is 0 Å². The summed E-state index contributed by atoms with van der Waals surface area (Å²) in [6.45, 7) is 1.78. The van der Waals surface area contributed by atoms with Crippen LogP contribution in [-0.4, -0.2) is 40.7 Å². The third-order valence-corrected chi connectivity index (χ3v) is 3.30. The van der Waals surface area contributed by atoms with E-state index < -0.39 is 23.8 Å². The van der Waals surface area contributed by atoms with Crippen LogP contribution in [0.25, 0.3) is 0 Å². The Morgan fingerprint density at radius 1 is 1.17 bits per heavy atom. The molecule has 2 amide bonds. The molecule has 0 aliphatic rings. The summed E-state index contributed by atoms with van der Waals surface area (Å²) in [5.74, 6) is -1.60. The highest BCUT2D eigenvalue weighted by atomic mass is 16.5. The second kappa shape index (κ2) is 10.2. The molecule has 0 bridgehead atoms. The number of aromatic hydroxyl groups is 1. The van der Waals surface area contributed by atoms with Crippen molar-refractivity contribution in [1.29, 1.82) is 0 Å². The number of rotatable bonds is 9. The lowest BCUT2D eigenvalue weighted by atomic mass is 10.1. The first-order chi connectivity index (χ1) is 11.5. The van der Waals surface area contributed by atoms with Gasteiger partial charge in [0, 0.05) is 12.8 Å². The van der Waals surface area contributed by atoms with E-state index in [1.807, 2.05) is 0 Å². The lowest BCUT2D eigenvalue weighted by Gasteiger charge is -2.17. The first-order valence-corrected chi connectivity index (χ1v) is 7.63. The van der Waals surface area contributed by atoms with Gasteiger partial charge in [-0.15, -0.1) is 0 Å². The summed E-state index contributed by atoms with van der Waals surface area (Å²) in [6.07, 6.45) is 0.248. The van der Waals surface area contributed by atoms with Crippen LogP contribution in [0.4, 0.5) is 0 Å². The monoisotopic (exact) mass is 338 g/mol. The summed E-state index contributed by atoms with van der Waals surface area (Å²) in [5.41, 5.74) is 2.09. The van der Waals surface area contributed by atoms with Crippen molar-refractivity contribution in [2.45, 2.75) is 38.6 Å². The minimum absolute atomic E-state index is 0.00749. The third kappa shape index (κ3) is 6.66. The number of esters is 1. The van der Waals surface area contributed by atoms with Crippen LogP contribution in [-0.2, 0) is 25.5 Å². The van der Waals surface area contributed by atoms with Crippen LogP contribution in [0.2, 0.25) is 0 Å². The molecular weight excluding hydrogens is 316 g/mol. The highest BCUT2D eigenvalue weighted by molar-refractivity contribution is 5.85. The minimum atomic E-state index is -0.973. The molecule has 24 heavy (non-hydrogen) atoms. The van der Waals surface area contributed by atoms with Crippen LogP contribution in [0.3, 0.4) is 0 Å². The Labute approximate surface area is 139 Å². The van der Waals surface area contributed by atoms with E-state index in [-0.39, 0.29) is 31.6 Å². The largest absolute Gasteiger partial charge is 0.508 e. The molecule has 0 unspecified atom stereocenters. The molecule has 1 atom stereocenters. The number of phenols is 1. The fourth-order valence-corrected chi connectivity index (χ4v) is 2.06. The average Bonchev–Trinajstić information content (AvgIpc) is 2.57. The van der Waals surface area contributed by atoms with Gasteiger partial charge < -0.3 is 15.2 Å². The highest BCUT2D eigenvalue weighted by Gasteiger charge is 2.23. The summed E-state index contributed by atoms with van der Waals surface area (Å²) in [5, 5.41) is 20.7. The van der Waals surface area contributed by atoms with Crippen molar-refractivity contribution in [3.05, 3.63) is 29.8 Å². The highest BCUT2D eigenvalue weighted by Crippen LogP contribution is 2.17. The Bertz CT molecular complexity index is 575. The van der Waals surface area contributed by atoms with Gasteiger partial charge in [0.05, 0.1) is 6.61 Å². The summed E-state index contributed by atoms with van der Waals surface area (Å²) < 4.78 is 4.86. The van der Waals surface area contributed by atoms with E-state index in [1.165, 1.54) is 11.5 Å². The van der Waals surface area contributed by atoms with Crippen LogP contribution in [0.1, 0.15) is 31.7 Å². The first kappa shape index (κ1) is 19.4. The standard InChI is InChI=1S/C16H22N2O6/c1-2-24-16(22)12(8-10-15(21)18-23)17-14(20)9-7-11-5-3-4-6-13(11)19/h3-6,12,19,23H,2,7-10H2,1H3,(H,17,20)(H,18,21)/t12-/m0/s1. The molecule has 0 radical (unpaired) electrons. The second-order valence-electron chi connectivity index (χ2n) is 5.07. The number of nitrogens with one attached hydrogen (secondary N) is 2. The lowest BCUT2D eigenvalue weighted by molar-refractivity contribution is -0.147. The number of aryl methyl sites for hydroxylation is 1. The SMILES string of the molecule is CCOC(=O)[C@H](CCC(=O)NO)NC(=O)CCc1ccccc1O. The van der Waals surface area contributed by atoms with Crippen LogP contribution in [0.15, 0.2) is 24.3 Å². The topological polar surface area (TPSA) is 125 Å². The molecule has 1 rings (SSSR count). The molecule has 0 heterocycles. The van der Waals surface area contributed by atoms with E-state index in [2.05, 4.69) is 5.32 Å². The van der Waals surface area contributed by atoms with Crippen molar-refractivity contribution in [3.63, 3.8) is 0 Å². The van der Waals surface area contributed by atoms with Gasteiger partial charge in [0.15, 0.2) is 0 Å². The molecule has 1 aromatic carbocycles. The van der Waals surface area contributed by atoms with E-state index in [9.17, 15) is 19.5 Å². The average molecular weight is 338 g/mol. The van der Waals surface area contributed by atoms with Gasteiger partial charge in [-0.1, -0.05) is 18.2 Å². The summed E-state index contributed by atoms with van der Waals surface area (Å²) in [7, 11) is 0. The molecule has 4 N–H and O–H groups in total. The smallest absolute Gasteiger partial charge is 0.328 e. The van der Waals surface area contributed by atoms with Gasteiger partial charge in [-0.25, -0.2) is 10.3 Å². The molecule has 132 valence electrons. The van der Waals surface area contributed by atoms with Crippen molar-refractivity contribution in [2.24, 2.45) is 0 Å². The zero-order chi connectivity index (χ0) is 17.9. The van der Waals surface area contributed by atoms with Crippen LogP contribution in [0, 0.1) is 0 Å². The molecule has 0 spiro atoms. The predicted molar refractivity (Wildman–Crippen MR) is 84.2 cm³/mol. The van der Waals surface area contributed by atoms with Crippen LogP contribution in [0.5, 0.6) is 5.75 Å². The Kier molecular flexibility index (Phi) is 8.28. The Hall–Kier alpha value is -2.61. The van der Waals surface area contributed by atoms with Crippen molar-refractivity contribution in [1.82, 2.24) is 10.8 Å². The summed E-state index contributed by atoms with van der Waals surface area (Å²) in [4.78, 5) is 34.9. The second-order valence-corrected chi connectivity index (χ2v) is 5.07. The number of phenolic OH excluding ortho intramolecular Hbond substituents is 1. The van der Waals surface area contributed by atoms with E-state index in [0.29, 0.717) is 12.0 Å². The fraction of sp³-hybridized carbons (Fsp3) is 0.438. The van der Waals surface area contributed by atoms with Gasteiger partial charge in [-0.3, -0.25) is 14.8 Å². The normalized spacial score (nSPS) is 11.4. The number of hydrogen-bond acceptors (Lipinski definition) is 6. The van der Waals surface area contributed by atoms with Gasteiger partial charge >= 0.3 is 5.97 Å². The number of ether oxygens (including phenoxy) is 1. The maximum Gasteiger partial charge on any atom is 0.328 e. The first-order valence-electron chi connectivity index (χ1n) is 7.63. The zero-order valence-corrected chi connectivity index (χ0v) is 13.4. The quantitative estimate of drug-likeness (QED) is 0.298. The van der Waals surface area contributed by atoms with E-state index >= 15 is 0 Å². The molecular formula is C16H22N2O6. The lowest BCUT2D eigenvalue weighted by Crippen LogP contribution is -2.42. The van der Waals surface area contributed by atoms with Crippen LogP contribution < -0.4 is 10.8 Å². The Morgan fingerprint density at radius 2 is 1.88 bits per heavy atom. The maximum absolute atomic E-state index is 12.0. The predicted octanol–water partition coefficient (Wildman–Crippen LogP) is 0.658. The maximum atomic E-state index is 12.0. The molecule has 8 nitrogen and oxygen atoms in total. The van der Waals surface area contributed by atoms with Gasteiger partial charge in [0.2, 0.25) is 11.8 Å². The molecule has 0 saturated carbocycles. The number of hydrogen-bond donors (Lipinski definition) is 4. The van der Waals surface area contributed by atoms with Gasteiger partial charge in [-0.05, 0) is 31.4 Å². The van der Waals surface area contributed by atoms with E-state index in [1.54, 1.807) is 25.1 Å². The molecule has 0 fully saturated rings. The Balaban J connectivity index is 2.57. The molecule has 8 heteroatoms. The fourth-order valence-electron chi connectivity index (χ4n) is 2.06. The van der Waals surface area contributed by atoms with Crippen molar-refractivity contribution in [3.8, 4) is 5.75 Å². The van der Waals surface area contributed by atoms with E-state index in [4.69, 9.17) is 9.94 Å². The summed E-state index contributed by atoms with van der Waals surface area (Å²) in [6, 6.07) is 5.70. The minimum Gasteiger partial charge on any atom is -0.508 e. The van der Waals surface area contributed by atoms with Crippen molar-refractivity contribution < 1.29 is 29.4 Å². The molecule has 1 aromatic rings. The van der Waals surface area contributed by atoms with E-state index in [0.717, 1.165) is 0 Å². The van der Waals surface area contributed by atoms with Gasteiger partial charge in [0.1, 0.15) is 11.8 Å². The summed E-state index contributed by atoms with van der Waals surface area (Å²) >= 11 is 0. The number of carbonyl (C=O) groups is 3. The molecule has 0 aliphatic carbocycles. The number of amides is 2. The van der Waals surface area contributed by atoms with Crippen molar-refractivity contribution in [2.75, 3.05) is 6.61 Å². The Morgan fingerprint density at radius 3 is 2.50 bits per heavy atom. The third-order valence-electron chi connectivity index (χ3n) is 3.30. The van der Waals surface area contributed by atoms with Crippen LogP contribution >= 0.6 is 0 Å². The number of benzene rings is 1. The van der Waals surface area contributed by atoms with Gasteiger partial charge in [-0.2, -0.15) is 0 Å². The number of carbonyl (C=O) groups excluding carboxylic acids is 3. The molecule has 0 saturated heterocycles. The molecule has 0 aromatic heterocycles. The number of para-hydroxylation sites is 1. The zero-order valence-electron chi connectivity index (χ0n) is 13.4. The number of hydroxylamine groups is 1. The molecule has 0 aliphatic heterocycles.